The number of fused-ring (bicyclic) bond motifs is 2. The summed E-state index contributed by atoms with van der Waals surface area (Å²) < 4.78 is 0.834. The van der Waals surface area contributed by atoms with Crippen molar-refractivity contribution in [3.63, 3.8) is 0 Å². The van der Waals surface area contributed by atoms with Crippen LogP contribution in [0.4, 0.5) is 5.69 Å². The topological polar surface area (TPSA) is 127 Å². The van der Waals surface area contributed by atoms with Crippen molar-refractivity contribution < 1.29 is 19.5 Å². The Morgan fingerprint density at radius 1 is 1.11 bits per heavy atom. The van der Waals surface area contributed by atoms with E-state index in [9.17, 15) is 19.5 Å². The number of aromatic nitrogens is 1. The monoisotopic (exact) mass is 687 g/mol. The van der Waals surface area contributed by atoms with Gasteiger partial charge in [-0.25, -0.2) is 0 Å². The lowest BCUT2D eigenvalue weighted by Gasteiger charge is -2.29. The van der Waals surface area contributed by atoms with Crippen molar-refractivity contribution in [3.05, 3.63) is 87.9 Å². The average Bonchev–Trinajstić information content (AvgIpc) is 3.29. The SMILES string of the molecule is CCNC(=O)c1ccccc1-c1[nH]c2ccc(CN3C(=O)C(NC(=O)CC(C)(C)NC[C@@H](C)O)CCc4ccccc43)cc2c1Br. The van der Waals surface area contributed by atoms with E-state index in [2.05, 4.69) is 42.9 Å². The number of nitrogens with one attached hydrogen (secondary N) is 4. The summed E-state index contributed by atoms with van der Waals surface area (Å²) in [5, 5.41) is 19.7. The Morgan fingerprint density at radius 3 is 2.61 bits per heavy atom. The van der Waals surface area contributed by atoms with Crippen molar-refractivity contribution in [1.29, 1.82) is 0 Å². The molecular formula is C36H42BrN5O4. The number of nitrogens with zero attached hydrogens (tertiary/aromatic N) is 1. The van der Waals surface area contributed by atoms with Crippen LogP contribution in [0.2, 0.25) is 0 Å². The van der Waals surface area contributed by atoms with Crippen molar-refractivity contribution in [2.24, 2.45) is 0 Å². The zero-order valence-electron chi connectivity index (χ0n) is 26.7. The second-order valence-corrected chi connectivity index (χ2v) is 13.4. The summed E-state index contributed by atoms with van der Waals surface area (Å²) in [7, 11) is 0. The number of aryl methyl sites for hydroxylation is 1. The summed E-state index contributed by atoms with van der Waals surface area (Å²) in [6.07, 6.45) is 0.791. The molecule has 5 N–H and O–H groups in total. The van der Waals surface area contributed by atoms with Crippen LogP contribution < -0.4 is 20.9 Å². The molecule has 1 aliphatic rings. The lowest BCUT2D eigenvalue weighted by Crippen LogP contribution is -2.51. The van der Waals surface area contributed by atoms with Gasteiger partial charge < -0.3 is 30.9 Å². The van der Waals surface area contributed by atoms with E-state index in [-0.39, 0.29) is 24.1 Å². The fourth-order valence-electron chi connectivity index (χ4n) is 5.97. The molecule has 4 aromatic rings. The highest BCUT2D eigenvalue weighted by Gasteiger charge is 2.33. The number of β-amino-alcohol motifs (C(OH)–C–C–N with tert-alkyl or cyclic N) is 1. The molecule has 0 aliphatic carbocycles. The Labute approximate surface area is 278 Å². The first-order chi connectivity index (χ1) is 22.0. The summed E-state index contributed by atoms with van der Waals surface area (Å²) in [6, 6.07) is 20.8. The van der Waals surface area contributed by atoms with Gasteiger partial charge in [0.25, 0.3) is 5.91 Å². The second-order valence-electron chi connectivity index (χ2n) is 12.6. The van der Waals surface area contributed by atoms with Gasteiger partial charge in [0.2, 0.25) is 11.8 Å². The van der Waals surface area contributed by atoms with Crippen LogP contribution in [0.3, 0.4) is 0 Å². The number of rotatable bonds is 11. The van der Waals surface area contributed by atoms with Gasteiger partial charge in [0.15, 0.2) is 0 Å². The molecule has 46 heavy (non-hydrogen) atoms. The van der Waals surface area contributed by atoms with Crippen LogP contribution in [0.15, 0.2) is 71.2 Å². The zero-order chi connectivity index (χ0) is 33.0. The van der Waals surface area contributed by atoms with Crippen LogP contribution in [0.25, 0.3) is 22.2 Å². The summed E-state index contributed by atoms with van der Waals surface area (Å²) in [6.45, 7) is 8.63. The minimum atomic E-state index is -0.674. The van der Waals surface area contributed by atoms with Gasteiger partial charge in [-0.15, -0.1) is 0 Å². The molecule has 1 unspecified atom stereocenters. The molecule has 0 spiro atoms. The summed E-state index contributed by atoms with van der Waals surface area (Å²) in [5.41, 5.74) is 5.35. The molecule has 5 rings (SSSR count). The number of para-hydroxylation sites is 1. The number of anilines is 1. The average molecular weight is 689 g/mol. The van der Waals surface area contributed by atoms with E-state index >= 15 is 0 Å². The Balaban J connectivity index is 1.42. The van der Waals surface area contributed by atoms with Gasteiger partial charge in [0.05, 0.1) is 22.8 Å². The predicted octanol–water partition coefficient (Wildman–Crippen LogP) is 5.45. The molecule has 1 aliphatic heterocycles. The molecule has 1 aromatic heterocycles. The second kappa shape index (κ2) is 14.2. The largest absolute Gasteiger partial charge is 0.392 e. The maximum Gasteiger partial charge on any atom is 0.251 e. The van der Waals surface area contributed by atoms with Crippen molar-refractivity contribution in [2.75, 3.05) is 18.0 Å². The van der Waals surface area contributed by atoms with Gasteiger partial charge in [-0.2, -0.15) is 0 Å². The van der Waals surface area contributed by atoms with Gasteiger partial charge >= 0.3 is 0 Å². The van der Waals surface area contributed by atoms with Crippen LogP contribution in [-0.4, -0.2) is 58.6 Å². The molecule has 0 radical (unpaired) electrons. The van der Waals surface area contributed by atoms with E-state index in [0.717, 1.165) is 43.4 Å². The molecule has 0 saturated heterocycles. The number of carbonyl (C=O) groups is 3. The number of carbonyl (C=O) groups excluding carboxylic acids is 3. The summed E-state index contributed by atoms with van der Waals surface area (Å²) in [4.78, 5) is 45.3. The Hall–Kier alpha value is -3.99. The molecule has 2 atom stereocenters. The minimum Gasteiger partial charge on any atom is -0.392 e. The molecule has 2 heterocycles. The van der Waals surface area contributed by atoms with Crippen LogP contribution in [0.5, 0.6) is 0 Å². The third-order valence-electron chi connectivity index (χ3n) is 8.28. The first kappa shape index (κ1) is 33.4. The summed E-state index contributed by atoms with van der Waals surface area (Å²) in [5.74, 6) is -0.507. The number of aliphatic hydroxyl groups is 1. The molecule has 0 saturated carbocycles. The first-order valence-corrected chi connectivity index (χ1v) is 16.6. The van der Waals surface area contributed by atoms with Gasteiger partial charge in [-0.1, -0.05) is 42.5 Å². The maximum absolute atomic E-state index is 14.1. The smallest absolute Gasteiger partial charge is 0.251 e. The quantitative estimate of drug-likeness (QED) is 0.143. The van der Waals surface area contributed by atoms with E-state index in [1.165, 1.54) is 0 Å². The van der Waals surface area contributed by atoms with E-state index in [1.54, 1.807) is 11.8 Å². The van der Waals surface area contributed by atoms with Gasteiger partial charge in [-0.3, -0.25) is 14.4 Å². The van der Waals surface area contributed by atoms with E-state index in [4.69, 9.17) is 0 Å². The zero-order valence-corrected chi connectivity index (χ0v) is 28.3. The molecule has 0 fully saturated rings. The lowest BCUT2D eigenvalue weighted by atomic mass is 9.99. The fourth-order valence-corrected chi connectivity index (χ4v) is 6.61. The Morgan fingerprint density at radius 2 is 1.85 bits per heavy atom. The predicted molar refractivity (Wildman–Crippen MR) is 186 cm³/mol. The van der Waals surface area contributed by atoms with Crippen molar-refractivity contribution in [2.45, 2.75) is 71.2 Å². The molecular weight excluding hydrogens is 646 g/mol. The maximum atomic E-state index is 14.1. The lowest BCUT2D eigenvalue weighted by molar-refractivity contribution is -0.128. The Kier molecular flexibility index (Phi) is 10.3. The highest BCUT2D eigenvalue weighted by Crippen LogP contribution is 2.37. The molecule has 3 amide bonds. The van der Waals surface area contributed by atoms with E-state index in [1.807, 2.05) is 81.4 Å². The molecule has 0 bridgehead atoms. The highest BCUT2D eigenvalue weighted by molar-refractivity contribution is 9.10. The van der Waals surface area contributed by atoms with Gasteiger partial charge in [0, 0.05) is 52.8 Å². The van der Waals surface area contributed by atoms with Gasteiger partial charge in [-0.05, 0) is 91.9 Å². The molecule has 3 aromatic carbocycles. The van der Waals surface area contributed by atoms with Crippen LogP contribution in [0, 0.1) is 0 Å². The van der Waals surface area contributed by atoms with E-state index < -0.39 is 17.7 Å². The molecule has 10 heteroatoms. The van der Waals surface area contributed by atoms with Gasteiger partial charge in [0.1, 0.15) is 6.04 Å². The highest BCUT2D eigenvalue weighted by atomic mass is 79.9. The molecule has 9 nitrogen and oxygen atoms in total. The number of H-pyrrole nitrogens is 1. The first-order valence-electron chi connectivity index (χ1n) is 15.8. The number of amides is 3. The van der Waals surface area contributed by atoms with Crippen LogP contribution in [-0.2, 0) is 22.6 Å². The molecule has 242 valence electrons. The third kappa shape index (κ3) is 7.52. The minimum absolute atomic E-state index is 0.135. The van der Waals surface area contributed by atoms with Crippen molar-refractivity contribution >= 4 is 50.2 Å². The number of aliphatic hydroxyl groups excluding tert-OH is 1. The van der Waals surface area contributed by atoms with Crippen LogP contribution in [0.1, 0.15) is 62.0 Å². The van der Waals surface area contributed by atoms with Crippen LogP contribution >= 0.6 is 15.9 Å². The number of hydrogen-bond acceptors (Lipinski definition) is 5. The third-order valence-corrected chi connectivity index (χ3v) is 9.10. The number of benzene rings is 3. The Bertz CT molecular complexity index is 1750. The summed E-state index contributed by atoms with van der Waals surface area (Å²) >= 11 is 3.79. The fraction of sp³-hybridized carbons (Fsp3) is 0.361. The number of aromatic amines is 1. The normalized spacial score (nSPS) is 15.7. The van der Waals surface area contributed by atoms with E-state index in [0.29, 0.717) is 38.0 Å². The van der Waals surface area contributed by atoms with Crippen molar-refractivity contribution in [3.8, 4) is 11.3 Å². The van der Waals surface area contributed by atoms with Crippen molar-refractivity contribution in [1.82, 2.24) is 20.9 Å². The number of hydrogen-bond donors (Lipinski definition) is 5. The standard InChI is InChI=1S/C36H42BrN5O4/c1-5-38-34(45)26-12-8-7-11-25(26)33-32(37)27-18-23(14-16-28(27)41-33)21-42-30-13-9-6-10-24(30)15-17-29(35(42)46)40-31(44)19-36(3,4)39-20-22(2)43/h6-14,16,18,22,29,39,41,43H,5,15,17,19-21H2,1-4H3,(H,38,45)(H,40,44)/t22-,29?/m1/s1. The number of halogens is 1.